The molecule has 1 aromatic rings. The van der Waals surface area contributed by atoms with Crippen molar-refractivity contribution in [2.45, 2.75) is 255 Å². The molecule has 0 amide bonds. The van der Waals surface area contributed by atoms with Crippen molar-refractivity contribution in [2.24, 2.45) is 97.8 Å². The molecular formula is C69H116FN6NaO5S. The Hall–Kier alpha value is -1.92. The van der Waals surface area contributed by atoms with E-state index in [-0.39, 0.29) is 54.6 Å². The number of hydrogen-bond donors (Lipinski definition) is 0. The first-order chi connectivity index (χ1) is 39.1. The summed E-state index contributed by atoms with van der Waals surface area (Å²) >= 11 is 0. The van der Waals surface area contributed by atoms with Crippen LogP contribution >= 0.6 is 0 Å². The van der Waals surface area contributed by atoms with Gasteiger partial charge in [0.15, 0.2) is 0 Å². The first kappa shape index (κ1) is 71.8. The monoisotopic (exact) mass is 1180 g/mol. The van der Waals surface area contributed by atoms with E-state index in [1.54, 1.807) is 35.4 Å². The summed E-state index contributed by atoms with van der Waals surface area (Å²) < 4.78 is 58.2. The van der Waals surface area contributed by atoms with E-state index in [4.69, 9.17) is 31.6 Å². The Morgan fingerprint density at radius 2 is 1.07 bits per heavy atom. The van der Waals surface area contributed by atoms with E-state index >= 15 is 0 Å². The van der Waals surface area contributed by atoms with E-state index in [9.17, 15) is 12.8 Å². The van der Waals surface area contributed by atoms with Gasteiger partial charge in [0, 0.05) is 24.7 Å². The van der Waals surface area contributed by atoms with Crippen LogP contribution < -0.4 is 29.6 Å². The summed E-state index contributed by atoms with van der Waals surface area (Å²) in [5.41, 5.74) is 28.2. The minimum absolute atomic E-state index is 0. The molecule has 0 saturated heterocycles. The van der Waals surface area contributed by atoms with Crippen molar-refractivity contribution in [1.29, 1.82) is 0 Å². The van der Waals surface area contributed by atoms with Gasteiger partial charge >= 0.3 is 29.6 Å². The molecule has 466 valence electrons. The first-order valence-electron chi connectivity index (χ1n) is 33.2. The van der Waals surface area contributed by atoms with E-state index in [2.05, 4.69) is 91.4 Å². The molecule has 0 heterocycles. The summed E-state index contributed by atoms with van der Waals surface area (Å²) in [4.78, 5) is 4.56. The van der Waals surface area contributed by atoms with Crippen molar-refractivity contribution in [2.75, 3.05) is 33.5 Å². The zero-order valence-corrected chi connectivity index (χ0v) is 56.4. The van der Waals surface area contributed by atoms with E-state index < -0.39 is 17.3 Å². The minimum atomic E-state index is -3.71. The second-order valence-electron chi connectivity index (χ2n) is 28.9. The molecule has 0 N–H and O–H groups in total. The number of ether oxygens (including phenoxy) is 2. The summed E-state index contributed by atoms with van der Waals surface area (Å²) in [6.07, 6.45) is 36.9. The first-order valence-corrected chi connectivity index (χ1v) is 33.9. The normalized spacial score (nSPS) is 34.6. The molecule has 0 bridgehead atoms. The van der Waals surface area contributed by atoms with Gasteiger partial charge in [-0.05, 0) is 233 Å². The number of allylic oxidation sites excluding steroid dienone is 2. The molecule has 11 nitrogen and oxygen atoms in total. The van der Waals surface area contributed by atoms with Gasteiger partial charge in [-0.2, -0.15) is 8.42 Å². The number of azide groups is 1. The molecule has 6 fully saturated rings. The van der Waals surface area contributed by atoms with Gasteiger partial charge in [0.05, 0.1) is 32.2 Å². The fourth-order valence-electron chi connectivity index (χ4n) is 19.3. The molecular weight excluding hydrogens is 1070 g/mol. The summed E-state index contributed by atoms with van der Waals surface area (Å²) in [6, 6.07) is 6.81. The van der Waals surface area contributed by atoms with Gasteiger partial charge < -0.3 is 20.5 Å². The number of benzene rings is 1. The fraction of sp³-hybridized carbons (Fsp3) is 0.855. The molecule has 1 aromatic carbocycles. The standard InChI is InChI=1S/C37H58O4S.C30H51N3O.CH3F.CH4.N3.Na/c1-26(2)9-7-10-28(4)33-17-18-34-32-16-13-29-25-30(19-21-36(29,5)35(32)20-22-37(33,34)6)40-23-8-24-41-42(38,39)31-14-11-27(3)12-15-31;1-21(2)8-6-9-22(3)26-12-13-27-25-11-10-23-20-24(34-19-7-18-32-33-31)14-16-29(23,4)28(25)15-17-30(26,27)5;1-2;;1-3-2;/h11-15,26,28,30,32-35H,7-10,16-25H2,1-6H3;10,21-22,24-28H,6-9,11-20H2,1-5H3;1H3;1H4;;/q;;;;-1;+1/t28-,30+,32?,33-,34?,35?,36+,37-;22-,24+,25?,26-,27?,28?,29+,30-;;;;/m11..../s1/i;;1D;;;. The molecule has 8 aliphatic rings. The average Bonchev–Trinajstić information content (AvgIpc) is 1.38. The van der Waals surface area contributed by atoms with E-state index in [0.29, 0.717) is 47.3 Å². The number of alkyl halides is 1. The van der Waals surface area contributed by atoms with E-state index in [1.807, 2.05) is 6.92 Å². The van der Waals surface area contributed by atoms with Crippen LogP contribution in [0.4, 0.5) is 4.39 Å². The van der Waals surface area contributed by atoms with Gasteiger partial charge in [0.25, 0.3) is 10.1 Å². The number of halogens is 1. The van der Waals surface area contributed by atoms with Crippen LogP contribution in [-0.4, -0.2) is 54.1 Å². The van der Waals surface area contributed by atoms with Crippen molar-refractivity contribution in [3.8, 4) is 0 Å². The Morgan fingerprint density at radius 1 is 0.639 bits per heavy atom. The third kappa shape index (κ3) is 17.7. The van der Waals surface area contributed by atoms with Crippen LogP contribution in [0, 0.1) is 99.6 Å². The second-order valence-corrected chi connectivity index (χ2v) is 30.5. The van der Waals surface area contributed by atoms with Crippen molar-refractivity contribution in [3.05, 3.63) is 79.5 Å². The molecule has 14 heteroatoms. The summed E-state index contributed by atoms with van der Waals surface area (Å²) in [7, 11) is -4.71. The largest absolute Gasteiger partial charge is 1.00 e. The van der Waals surface area contributed by atoms with Gasteiger partial charge in [-0.15, -0.1) is 0 Å². The number of hydrogen-bond acceptors (Lipinski definition) is 6. The number of fused-ring (bicyclic) bond motifs is 10. The maximum Gasteiger partial charge on any atom is 1.00 e. The van der Waals surface area contributed by atoms with E-state index in [0.717, 1.165) is 109 Å². The predicted octanol–water partition coefficient (Wildman–Crippen LogP) is 17.7. The van der Waals surface area contributed by atoms with Crippen molar-refractivity contribution < 1.29 is 57.4 Å². The van der Waals surface area contributed by atoms with Crippen LogP contribution in [0.2, 0.25) is 0 Å². The molecule has 0 aromatic heterocycles. The van der Waals surface area contributed by atoms with Gasteiger partial charge in [-0.25, -0.2) is 0 Å². The molecule has 9 rings (SSSR count). The van der Waals surface area contributed by atoms with Gasteiger partial charge in [-0.1, -0.05) is 161 Å². The van der Waals surface area contributed by atoms with Gasteiger partial charge in [0.2, 0.25) is 0 Å². The molecule has 0 radical (unpaired) electrons. The third-order valence-corrected chi connectivity index (χ3v) is 24.9. The average molecular weight is 1180 g/mol. The van der Waals surface area contributed by atoms with Crippen LogP contribution in [0.5, 0.6) is 0 Å². The molecule has 8 aliphatic carbocycles. The van der Waals surface area contributed by atoms with Crippen molar-refractivity contribution >= 4 is 10.1 Å². The number of nitrogens with zero attached hydrogens (tertiary/aromatic N) is 6. The van der Waals surface area contributed by atoms with Crippen LogP contribution in [-0.2, 0) is 23.8 Å². The third-order valence-electron chi connectivity index (χ3n) is 23.5. The number of aryl methyl sites for hydroxylation is 1. The van der Waals surface area contributed by atoms with Crippen LogP contribution in [0.25, 0.3) is 26.4 Å². The smallest absolute Gasteiger partial charge is 0.378 e. The topological polar surface area (TPSA) is 169 Å². The van der Waals surface area contributed by atoms with Gasteiger partial charge in [-0.3, -0.25) is 13.5 Å². The Morgan fingerprint density at radius 3 is 1.49 bits per heavy atom. The predicted molar refractivity (Wildman–Crippen MR) is 337 cm³/mol. The summed E-state index contributed by atoms with van der Waals surface area (Å²) in [5, 5.41) is 3.63. The summed E-state index contributed by atoms with van der Waals surface area (Å²) in [6.45, 7) is 29.1. The quantitative estimate of drug-likeness (QED) is 0.0214. The Balaban J connectivity index is 0.000000328. The SMILES string of the molecule is C.CC(C)CCC[C@@H](C)[C@H]1CCC2C3CC=C4C[C@@H](OCCCN=[N+]=[N-])CC[C@]4(C)C3CC[C@@]21C.Cc1ccc(S(=O)(=O)OCCCO[C@H]2CC[C@@]3(C)C(=CCC4C3CC[C@@]3(C)C4CC[C@@H]3[C@H](C)CCCC(C)C)C2)cc1.[2H]CF.[N-]=[N+]=[N-].[Na+]. The fourth-order valence-corrected chi connectivity index (χ4v) is 20.2. The zero-order valence-electron chi connectivity index (χ0n) is 54.6. The molecule has 6 saturated carbocycles. The van der Waals surface area contributed by atoms with Gasteiger partial charge in [0.1, 0.15) is 0 Å². The minimum Gasteiger partial charge on any atom is -0.378 e. The Bertz CT molecular complexity index is 2420. The zero-order chi connectivity index (χ0) is 59.9. The molecule has 6 unspecified atom stereocenters. The van der Waals surface area contributed by atoms with Crippen LogP contribution in [0.1, 0.15) is 238 Å². The van der Waals surface area contributed by atoms with Crippen molar-refractivity contribution in [3.63, 3.8) is 0 Å². The Kier molecular flexibility index (Phi) is 29.1. The van der Waals surface area contributed by atoms with Crippen LogP contribution in [0.15, 0.2) is 57.6 Å². The number of rotatable bonds is 22. The summed E-state index contributed by atoms with van der Waals surface area (Å²) in [5.74, 6) is 10.6. The van der Waals surface area contributed by atoms with Crippen molar-refractivity contribution in [1.82, 2.24) is 0 Å². The second kappa shape index (κ2) is 33.6. The molecule has 16 atom stereocenters. The molecule has 0 aliphatic heterocycles. The van der Waals surface area contributed by atoms with E-state index in [1.165, 1.54) is 127 Å². The molecule has 0 spiro atoms. The van der Waals surface area contributed by atoms with Crippen LogP contribution in [0.3, 0.4) is 0 Å². The molecule has 83 heavy (non-hydrogen) atoms. The Labute approximate surface area is 529 Å². The maximum absolute atomic E-state index is 12.4. The maximum atomic E-state index is 12.4.